The van der Waals surface area contributed by atoms with Gasteiger partial charge < -0.3 is 10.1 Å². The van der Waals surface area contributed by atoms with Crippen LogP contribution in [0.15, 0.2) is 0 Å². The van der Waals surface area contributed by atoms with Gasteiger partial charge in [0.25, 0.3) is 0 Å². The van der Waals surface area contributed by atoms with Crippen molar-refractivity contribution in [3.8, 4) is 0 Å². The monoisotopic (exact) mass is 225 g/mol. The van der Waals surface area contributed by atoms with Crippen molar-refractivity contribution in [2.75, 3.05) is 0 Å². The van der Waals surface area contributed by atoms with Gasteiger partial charge in [0.15, 0.2) is 0 Å². The molecule has 0 bridgehead atoms. The fraction of sp³-hybridized carbons (Fsp3) is 1.00. The van der Waals surface area contributed by atoms with Crippen LogP contribution < -0.4 is 5.32 Å². The first kappa shape index (κ1) is 12.4. The second-order valence-corrected chi connectivity index (χ2v) is 6.88. The third-order valence-corrected chi connectivity index (χ3v) is 4.28. The zero-order chi connectivity index (χ0) is 12.0. The predicted octanol–water partition coefficient (Wildman–Crippen LogP) is 3.11. The van der Waals surface area contributed by atoms with E-state index in [1.165, 1.54) is 25.7 Å². The SMILES string of the molecule is CC1CCCC(C2CC(C)(C)OC2(C)C)N1. The summed E-state index contributed by atoms with van der Waals surface area (Å²) in [6.07, 6.45) is 5.20. The van der Waals surface area contributed by atoms with Crippen molar-refractivity contribution >= 4 is 0 Å². The van der Waals surface area contributed by atoms with Crippen molar-refractivity contribution < 1.29 is 4.74 Å². The summed E-state index contributed by atoms with van der Waals surface area (Å²) in [4.78, 5) is 0. The lowest BCUT2D eigenvalue weighted by Gasteiger charge is -2.38. The Morgan fingerprint density at radius 3 is 2.31 bits per heavy atom. The molecule has 0 spiro atoms. The highest BCUT2D eigenvalue weighted by Gasteiger charge is 2.49. The summed E-state index contributed by atoms with van der Waals surface area (Å²) >= 11 is 0. The molecule has 0 radical (unpaired) electrons. The Hall–Kier alpha value is -0.0800. The van der Waals surface area contributed by atoms with Gasteiger partial charge >= 0.3 is 0 Å². The lowest BCUT2D eigenvalue weighted by Crippen LogP contribution is -2.49. The van der Waals surface area contributed by atoms with E-state index in [2.05, 4.69) is 39.9 Å². The maximum atomic E-state index is 6.20. The minimum Gasteiger partial charge on any atom is -0.369 e. The predicted molar refractivity (Wildman–Crippen MR) is 67.6 cm³/mol. The Morgan fingerprint density at radius 1 is 1.12 bits per heavy atom. The summed E-state index contributed by atoms with van der Waals surface area (Å²) in [5.74, 6) is 0.658. The highest BCUT2D eigenvalue weighted by atomic mass is 16.5. The molecule has 0 aromatic carbocycles. The standard InChI is InChI=1S/C14H27NO/c1-10-7-6-8-12(15-10)11-9-13(2,3)16-14(11,4)5/h10-12,15H,6-9H2,1-5H3. The Balaban J connectivity index is 2.08. The van der Waals surface area contributed by atoms with E-state index in [1.54, 1.807) is 0 Å². The Kier molecular flexibility index (Phi) is 3.09. The van der Waals surface area contributed by atoms with Crippen LogP contribution in [-0.4, -0.2) is 23.3 Å². The van der Waals surface area contributed by atoms with Crippen LogP contribution in [0.4, 0.5) is 0 Å². The molecule has 16 heavy (non-hydrogen) atoms. The fourth-order valence-corrected chi connectivity index (χ4v) is 3.73. The van der Waals surface area contributed by atoms with Crippen molar-refractivity contribution in [3.05, 3.63) is 0 Å². The fourth-order valence-electron chi connectivity index (χ4n) is 3.73. The molecule has 2 saturated heterocycles. The van der Waals surface area contributed by atoms with E-state index in [0.29, 0.717) is 18.0 Å². The largest absolute Gasteiger partial charge is 0.369 e. The lowest BCUT2D eigenvalue weighted by atomic mass is 9.78. The van der Waals surface area contributed by atoms with E-state index in [9.17, 15) is 0 Å². The van der Waals surface area contributed by atoms with Gasteiger partial charge in [0, 0.05) is 18.0 Å². The van der Waals surface area contributed by atoms with Crippen molar-refractivity contribution in [2.45, 2.75) is 83.6 Å². The second-order valence-electron chi connectivity index (χ2n) is 6.88. The molecule has 2 rings (SSSR count). The molecule has 94 valence electrons. The van der Waals surface area contributed by atoms with Gasteiger partial charge in [-0.15, -0.1) is 0 Å². The number of nitrogens with one attached hydrogen (secondary N) is 1. The van der Waals surface area contributed by atoms with Gasteiger partial charge in [-0.25, -0.2) is 0 Å². The van der Waals surface area contributed by atoms with E-state index >= 15 is 0 Å². The first-order valence-electron chi connectivity index (χ1n) is 6.76. The van der Waals surface area contributed by atoms with Crippen LogP contribution in [0.25, 0.3) is 0 Å². The summed E-state index contributed by atoms with van der Waals surface area (Å²) in [5, 5.41) is 3.77. The quantitative estimate of drug-likeness (QED) is 0.740. The molecular formula is C14H27NO. The van der Waals surface area contributed by atoms with Crippen molar-refractivity contribution in [2.24, 2.45) is 5.92 Å². The van der Waals surface area contributed by atoms with E-state index < -0.39 is 0 Å². The molecule has 0 aliphatic carbocycles. The molecule has 2 heteroatoms. The summed E-state index contributed by atoms with van der Waals surface area (Å²) in [7, 11) is 0. The molecule has 2 fully saturated rings. The van der Waals surface area contributed by atoms with E-state index in [1.807, 2.05) is 0 Å². The smallest absolute Gasteiger partial charge is 0.0677 e. The van der Waals surface area contributed by atoms with E-state index in [0.717, 1.165) is 0 Å². The minimum atomic E-state index is 0.0260. The molecule has 1 N–H and O–H groups in total. The number of hydrogen-bond donors (Lipinski definition) is 1. The van der Waals surface area contributed by atoms with Gasteiger partial charge in [-0.05, 0) is 53.9 Å². The molecule has 3 unspecified atom stereocenters. The zero-order valence-corrected chi connectivity index (χ0v) is 11.5. The summed E-state index contributed by atoms with van der Waals surface area (Å²) in [6, 6.07) is 1.33. The lowest BCUT2D eigenvalue weighted by molar-refractivity contribution is -0.0788. The van der Waals surface area contributed by atoms with Crippen LogP contribution in [0.3, 0.4) is 0 Å². The molecule has 2 aliphatic heterocycles. The number of rotatable bonds is 1. The first-order chi connectivity index (χ1) is 7.30. The van der Waals surface area contributed by atoms with Crippen LogP contribution in [0.5, 0.6) is 0 Å². The molecule has 0 amide bonds. The van der Waals surface area contributed by atoms with E-state index in [-0.39, 0.29) is 11.2 Å². The third kappa shape index (κ3) is 2.43. The van der Waals surface area contributed by atoms with Crippen molar-refractivity contribution in [3.63, 3.8) is 0 Å². The molecule has 0 aromatic heterocycles. The topological polar surface area (TPSA) is 21.3 Å². The second kappa shape index (κ2) is 3.99. The van der Waals surface area contributed by atoms with Crippen molar-refractivity contribution in [1.29, 1.82) is 0 Å². The highest BCUT2D eigenvalue weighted by Crippen LogP contribution is 2.45. The normalized spacial score (nSPS) is 42.2. The summed E-state index contributed by atoms with van der Waals surface area (Å²) < 4.78 is 6.20. The Labute approximate surface area is 100 Å². The van der Waals surface area contributed by atoms with Crippen molar-refractivity contribution in [1.82, 2.24) is 5.32 Å². The molecular weight excluding hydrogens is 198 g/mol. The van der Waals surface area contributed by atoms with Crippen LogP contribution in [0.1, 0.15) is 60.3 Å². The first-order valence-corrected chi connectivity index (χ1v) is 6.76. The molecule has 2 heterocycles. The van der Waals surface area contributed by atoms with Gasteiger partial charge in [-0.1, -0.05) is 6.42 Å². The molecule has 3 atom stereocenters. The third-order valence-electron chi connectivity index (χ3n) is 4.28. The van der Waals surface area contributed by atoms with Gasteiger partial charge in [-0.3, -0.25) is 0 Å². The minimum absolute atomic E-state index is 0.0260. The summed E-state index contributed by atoms with van der Waals surface area (Å²) in [6.45, 7) is 11.3. The average molecular weight is 225 g/mol. The van der Waals surface area contributed by atoms with Gasteiger partial charge in [0.2, 0.25) is 0 Å². The Morgan fingerprint density at radius 2 is 1.81 bits per heavy atom. The van der Waals surface area contributed by atoms with Crippen LogP contribution in [0.2, 0.25) is 0 Å². The van der Waals surface area contributed by atoms with Crippen LogP contribution in [0, 0.1) is 5.92 Å². The molecule has 0 aromatic rings. The average Bonchev–Trinajstić information content (AvgIpc) is 2.34. The zero-order valence-electron chi connectivity index (χ0n) is 11.5. The van der Waals surface area contributed by atoms with Crippen LogP contribution >= 0.6 is 0 Å². The summed E-state index contributed by atoms with van der Waals surface area (Å²) in [5.41, 5.74) is 0.0781. The maximum Gasteiger partial charge on any atom is 0.0677 e. The molecule has 0 saturated carbocycles. The highest BCUT2D eigenvalue weighted by molar-refractivity contribution is 5.00. The molecule has 2 aliphatic rings. The Bertz CT molecular complexity index is 259. The van der Waals surface area contributed by atoms with Gasteiger partial charge in [0.05, 0.1) is 11.2 Å². The number of piperidine rings is 1. The van der Waals surface area contributed by atoms with Gasteiger partial charge in [-0.2, -0.15) is 0 Å². The maximum absolute atomic E-state index is 6.20. The number of hydrogen-bond acceptors (Lipinski definition) is 2. The van der Waals surface area contributed by atoms with Crippen LogP contribution in [-0.2, 0) is 4.74 Å². The molecule has 2 nitrogen and oxygen atoms in total. The number of ether oxygens (including phenoxy) is 1. The van der Waals surface area contributed by atoms with Gasteiger partial charge in [0.1, 0.15) is 0 Å². The van der Waals surface area contributed by atoms with E-state index in [4.69, 9.17) is 4.74 Å².